The van der Waals surface area contributed by atoms with Gasteiger partial charge in [0.05, 0.1) is 11.0 Å². The van der Waals surface area contributed by atoms with Crippen LogP contribution in [0.1, 0.15) is 16.2 Å². The van der Waals surface area contributed by atoms with Crippen molar-refractivity contribution in [1.82, 2.24) is 9.97 Å². The Morgan fingerprint density at radius 2 is 2.33 bits per heavy atom. The van der Waals surface area contributed by atoms with Crippen LogP contribution in [0.4, 0.5) is 0 Å². The number of ether oxygens (including phenoxy) is 1. The van der Waals surface area contributed by atoms with E-state index >= 15 is 0 Å². The second-order valence-corrected chi connectivity index (χ2v) is 3.41. The summed E-state index contributed by atoms with van der Waals surface area (Å²) in [5.74, 6) is 0.827. The zero-order valence-corrected chi connectivity index (χ0v) is 8.70. The summed E-state index contributed by atoms with van der Waals surface area (Å²) in [4.78, 5) is 18.9. The number of rotatable bonds is 3. The maximum Gasteiger partial charge on any atom is 0.188 e. The van der Waals surface area contributed by atoms with Gasteiger partial charge in [0, 0.05) is 12.7 Å². The molecule has 1 aromatic carbocycles. The molecule has 4 nitrogen and oxygen atoms in total. The van der Waals surface area contributed by atoms with Crippen molar-refractivity contribution < 1.29 is 9.53 Å². The summed E-state index contributed by atoms with van der Waals surface area (Å²) in [5.41, 5.74) is 2.41. The van der Waals surface area contributed by atoms with Crippen LogP contribution in [0.15, 0.2) is 18.2 Å². The lowest BCUT2D eigenvalue weighted by atomic mass is 10.1. The molecule has 15 heavy (non-hydrogen) atoms. The monoisotopic (exact) mass is 204 g/mol. The second-order valence-electron chi connectivity index (χ2n) is 3.41. The van der Waals surface area contributed by atoms with E-state index in [1.807, 2.05) is 13.0 Å². The molecule has 0 saturated heterocycles. The summed E-state index contributed by atoms with van der Waals surface area (Å²) in [6.45, 7) is 2.00. The summed E-state index contributed by atoms with van der Waals surface area (Å²) in [5, 5.41) is 0. The first-order valence-electron chi connectivity index (χ1n) is 4.69. The lowest BCUT2D eigenvalue weighted by molar-refractivity contribution is 0.0848. The Balaban J connectivity index is 2.41. The Bertz CT molecular complexity index is 502. The summed E-state index contributed by atoms with van der Waals surface area (Å²) in [6, 6.07) is 5.41. The van der Waals surface area contributed by atoms with Crippen LogP contribution in [0.2, 0.25) is 0 Å². The largest absolute Gasteiger partial charge is 0.377 e. The predicted molar refractivity (Wildman–Crippen MR) is 57.0 cm³/mol. The number of nitrogens with zero attached hydrogens (tertiary/aromatic N) is 1. The number of aromatic amines is 1. The van der Waals surface area contributed by atoms with Gasteiger partial charge < -0.3 is 9.72 Å². The number of hydrogen-bond donors (Lipinski definition) is 1. The van der Waals surface area contributed by atoms with Crippen molar-refractivity contribution in [3.8, 4) is 0 Å². The third-order valence-electron chi connectivity index (χ3n) is 2.20. The van der Waals surface area contributed by atoms with Gasteiger partial charge in [0.2, 0.25) is 0 Å². The van der Waals surface area contributed by atoms with E-state index in [0.29, 0.717) is 5.56 Å². The Hall–Kier alpha value is -1.68. The molecule has 2 aromatic rings. The predicted octanol–water partition coefficient (Wildman–Crippen LogP) is 1.70. The van der Waals surface area contributed by atoms with Gasteiger partial charge in [-0.15, -0.1) is 0 Å². The van der Waals surface area contributed by atoms with Gasteiger partial charge in [-0.2, -0.15) is 0 Å². The van der Waals surface area contributed by atoms with Gasteiger partial charge in [-0.1, -0.05) is 0 Å². The Morgan fingerprint density at radius 1 is 1.53 bits per heavy atom. The summed E-state index contributed by atoms with van der Waals surface area (Å²) < 4.78 is 4.80. The number of ketones is 1. The van der Waals surface area contributed by atoms with Crippen LogP contribution >= 0.6 is 0 Å². The number of fused-ring (bicyclic) bond motifs is 1. The average molecular weight is 204 g/mol. The quantitative estimate of drug-likeness (QED) is 0.774. The fourth-order valence-electron chi connectivity index (χ4n) is 1.53. The molecule has 1 N–H and O–H groups in total. The van der Waals surface area contributed by atoms with Crippen LogP contribution in [0.3, 0.4) is 0 Å². The third kappa shape index (κ3) is 1.89. The van der Waals surface area contributed by atoms with Crippen LogP contribution in [0.5, 0.6) is 0 Å². The van der Waals surface area contributed by atoms with E-state index in [9.17, 15) is 4.79 Å². The minimum atomic E-state index is -0.0216. The molecule has 0 amide bonds. The molecule has 2 rings (SSSR count). The van der Waals surface area contributed by atoms with Gasteiger partial charge in [-0.3, -0.25) is 4.79 Å². The van der Waals surface area contributed by atoms with Crippen molar-refractivity contribution in [1.29, 1.82) is 0 Å². The second kappa shape index (κ2) is 3.82. The summed E-state index contributed by atoms with van der Waals surface area (Å²) in [6.07, 6.45) is 0. The van der Waals surface area contributed by atoms with Gasteiger partial charge in [-0.05, 0) is 25.1 Å². The summed E-state index contributed by atoms with van der Waals surface area (Å²) in [7, 11) is 1.51. The maximum atomic E-state index is 11.5. The average Bonchev–Trinajstić information content (AvgIpc) is 2.57. The first-order chi connectivity index (χ1) is 7.20. The number of methoxy groups -OCH3 is 1. The van der Waals surface area contributed by atoms with Crippen molar-refractivity contribution in [2.75, 3.05) is 13.7 Å². The maximum absolute atomic E-state index is 11.5. The molecule has 78 valence electrons. The van der Waals surface area contributed by atoms with Crippen molar-refractivity contribution >= 4 is 16.8 Å². The zero-order chi connectivity index (χ0) is 10.8. The van der Waals surface area contributed by atoms with Crippen molar-refractivity contribution in [2.24, 2.45) is 0 Å². The zero-order valence-electron chi connectivity index (χ0n) is 8.70. The van der Waals surface area contributed by atoms with Crippen LogP contribution in [0.25, 0.3) is 11.0 Å². The standard InChI is InChI=1S/C11H12N2O2/c1-7-12-9-4-3-8(5-10(9)13-7)11(14)6-15-2/h3-5H,6H2,1-2H3,(H,12,13). The van der Waals surface area contributed by atoms with Gasteiger partial charge in [0.25, 0.3) is 0 Å². The van der Waals surface area contributed by atoms with E-state index < -0.39 is 0 Å². The molecule has 0 spiro atoms. The normalized spacial score (nSPS) is 10.8. The smallest absolute Gasteiger partial charge is 0.188 e. The number of imidazole rings is 1. The van der Waals surface area contributed by atoms with Gasteiger partial charge >= 0.3 is 0 Å². The number of carbonyl (C=O) groups is 1. The van der Waals surface area contributed by atoms with Crippen molar-refractivity contribution in [3.05, 3.63) is 29.6 Å². The van der Waals surface area contributed by atoms with Crippen LogP contribution in [-0.2, 0) is 4.74 Å². The number of H-pyrrole nitrogens is 1. The molecular formula is C11H12N2O2. The molecule has 0 bridgehead atoms. The van der Waals surface area contributed by atoms with E-state index in [0.717, 1.165) is 16.9 Å². The highest BCUT2D eigenvalue weighted by Gasteiger charge is 2.07. The molecule has 0 aliphatic heterocycles. The first-order valence-corrected chi connectivity index (χ1v) is 4.69. The molecule has 0 fully saturated rings. The highest BCUT2D eigenvalue weighted by Crippen LogP contribution is 2.13. The van der Waals surface area contributed by atoms with E-state index in [4.69, 9.17) is 4.74 Å². The van der Waals surface area contributed by atoms with E-state index in [2.05, 4.69) is 9.97 Å². The number of Topliss-reactive ketones (excluding diaryl/α,β-unsaturated/α-hetero) is 1. The minimum Gasteiger partial charge on any atom is -0.377 e. The van der Waals surface area contributed by atoms with E-state index in [1.54, 1.807) is 12.1 Å². The molecule has 1 aromatic heterocycles. The highest BCUT2D eigenvalue weighted by atomic mass is 16.5. The number of aromatic nitrogens is 2. The molecule has 0 aliphatic rings. The van der Waals surface area contributed by atoms with E-state index in [-0.39, 0.29) is 12.4 Å². The number of aryl methyl sites for hydroxylation is 1. The minimum absolute atomic E-state index is 0.0216. The van der Waals surface area contributed by atoms with Crippen LogP contribution < -0.4 is 0 Å². The van der Waals surface area contributed by atoms with Crippen LogP contribution in [0, 0.1) is 6.92 Å². The fourth-order valence-corrected chi connectivity index (χ4v) is 1.53. The molecule has 1 heterocycles. The molecular weight excluding hydrogens is 192 g/mol. The molecule has 0 unspecified atom stereocenters. The van der Waals surface area contributed by atoms with Crippen LogP contribution in [-0.4, -0.2) is 29.5 Å². The first kappa shape index (κ1) is 9.86. The Kier molecular flexibility index (Phi) is 2.51. The van der Waals surface area contributed by atoms with Gasteiger partial charge in [-0.25, -0.2) is 4.98 Å². The lowest BCUT2D eigenvalue weighted by Gasteiger charge is -1.98. The van der Waals surface area contributed by atoms with E-state index in [1.165, 1.54) is 7.11 Å². The van der Waals surface area contributed by atoms with Gasteiger partial charge in [0.15, 0.2) is 5.78 Å². The molecule has 0 atom stereocenters. The summed E-state index contributed by atoms with van der Waals surface area (Å²) >= 11 is 0. The molecule has 0 saturated carbocycles. The van der Waals surface area contributed by atoms with Crippen molar-refractivity contribution in [2.45, 2.75) is 6.92 Å². The van der Waals surface area contributed by atoms with Gasteiger partial charge in [0.1, 0.15) is 12.4 Å². The highest BCUT2D eigenvalue weighted by molar-refractivity contribution is 5.99. The Labute approximate surface area is 87.3 Å². The SMILES string of the molecule is COCC(=O)c1ccc2nc(C)[nH]c2c1. The molecule has 0 aliphatic carbocycles. The molecule has 4 heteroatoms. The topological polar surface area (TPSA) is 55.0 Å². The third-order valence-corrected chi connectivity index (χ3v) is 2.20. The number of nitrogens with one attached hydrogen (secondary N) is 1. The number of carbonyl (C=O) groups excluding carboxylic acids is 1. The lowest BCUT2D eigenvalue weighted by Crippen LogP contribution is -2.06. The number of benzene rings is 1. The Morgan fingerprint density at radius 3 is 3.07 bits per heavy atom. The van der Waals surface area contributed by atoms with Crippen molar-refractivity contribution in [3.63, 3.8) is 0 Å². The molecule has 0 radical (unpaired) electrons. The fraction of sp³-hybridized carbons (Fsp3) is 0.273. The number of hydrogen-bond acceptors (Lipinski definition) is 3.